The zero-order valence-corrected chi connectivity index (χ0v) is 24.4. The quantitative estimate of drug-likeness (QED) is 0.424. The number of alkyl carbamates (subject to hydrolysis) is 1. The maximum atomic E-state index is 14.3. The number of hydrogen-bond acceptors (Lipinski definition) is 4. The van der Waals surface area contributed by atoms with Gasteiger partial charge in [0.1, 0.15) is 17.7 Å². The first kappa shape index (κ1) is 30.7. The van der Waals surface area contributed by atoms with Gasteiger partial charge in [0, 0.05) is 12.1 Å². The second-order valence-corrected chi connectivity index (χ2v) is 12.0. The SMILES string of the molecule is CCC(C)C(NC(=O)OC(C)(C)C)C(=O)N(C(C)C)C(C(=O)NC1CCCCC1)c1ccc(C)cc1C. The van der Waals surface area contributed by atoms with E-state index in [4.69, 9.17) is 4.74 Å². The average Bonchev–Trinajstić information content (AvgIpc) is 2.79. The third-order valence-corrected chi connectivity index (χ3v) is 7.16. The van der Waals surface area contributed by atoms with Crippen molar-refractivity contribution in [3.63, 3.8) is 0 Å². The number of carbonyl (C=O) groups excluding carboxylic acids is 3. The second kappa shape index (κ2) is 13.3. The van der Waals surface area contributed by atoms with Crippen molar-refractivity contribution in [1.29, 1.82) is 0 Å². The number of carbonyl (C=O) groups is 3. The summed E-state index contributed by atoms with van der Waals surface area (Å²) < 4.78 is 5.48. The van der Waals surface area contributed by atoms with Crippen LogP contribution in [0.1, 0.15) is 110 Å². The van der Waals surface area contributed by atoms with Crippen LogP contribution >= 0.6 is 0 Å². The maximum Gasteiger partial charge on any atom is 0.408 e. The Morgan fingerprint density at radius 2 is 1.68 bits per heavy atom. The lowest BCUT2D eigenvalue weighted by Crippen LogP contribution is -2.57. The van der Waals surface area contributed by atoms with E-state index in [2.05, 4.69) is 10.6 Å². The first-order valence-corrected chi connectivity index (χ1v) is 13.9. The number of ether oxygens (including phenoxy) is 1. The molecular weight excluding hydrogens is 466 g/mol. The topological polar surface area (TPSA) is 87.7 Å². The maximum absolute atomic E-state index is 14.3. The Balaban J connectivity index is 2.51. The highest BCUT2D eigenvalue weighted by atomic mass is 16.6. The van der Waals surface area contributed by atoms with Crippen molar-refractivity contribution in [3.05, 3.63) is 34.9 Å². The van der Waals surface area contributed by atoms with Gasteiger partial charge in [0.2, 0.25) is 11.8 Å². The molecule has 7 heteroatoms. The van der Waals surface area contributed by atoms with Crippen molar-refractivity contribution in [2.45, 2.75) is 131 Å². The molecule has 1 aliphatic carbocycles. The van der Waals surface area contributed by atoms with Crippen LogP contribution in [-0.4, -0.2) is 46.5 Å². The zero-order valence-electron chi connectivity index (χ0n) is 24.4. The molecule has 208 valence electrons. The summed E-state index contributed by atoms with van der Waals surface area (Å²) >= 11 is 0. The van der Waals surface area contributed by atoms with Gasteiger partial charge >= 0.3 is 6.09 Å². The van der Waals surface area contributed by atoms with Crippen LogP contribution in [0.25, 0.3) is 0 Å². The summed E-state index contributed by atoms with van der Waals surface area (Å²) in [5.41, 5.74) is 2.18. The minimum absolute atomic E-state index is 0.115. The summed E-state index contributed by atoms with van der Waals surface area (Å²) in [4.78, 5) is 42.6. The molecule has 0 bridgehead atoms. The average molecular weight is 516 g/mol. The fourth-order valence-corrected chi connectivity index (χ4v) is 5.03. The number of benzene rings is 1. The van der Waals surface area contributed by atoms with Crippen LogP contribution in [0.3, 0.4) is 0 Å². The molecule has 0 radical (unpaired) electrons. The molecule has 2 rings (SSSR count). The summed E-state index contributed by atoms with van der Waals surface area (Å²) in [6.07, 6.45) is 5.35. The molecule has 37 heavy (non-hydrogen) atoms. The lowest BCUT2D eigenvalue weighted by atomic mass is 9.91. The predicted molar refractivity (Wildman–Crippen MR) is 148 cm³/mol. The number of aryl methyl sites for hydroxylation is 2. The van der Waals surface area contributed by atoms with Crippen LogP contribution in [0, 0.1) is 19.8 Å². The minimum Gasteiger partial charge on any atom is -0.444 e. The van der Waals surface area contributed by atoms with Gasteiger partial charge in [-0.1, -0.05) is 63.3 Å². The number of nitrogens with one attached hydrogen (secondary N) is 2. The van der Waals surface area contributed by atoms with Crippen molar-refractivity contribution >= 4 is 17.9 Å². The summed E-state index contributed by atoms with van der Waals surface area (Å²) in [5, 5.41) is 6.08. The van der Waals surface area contributed by atoms with Gasteiger partial charge in [0.05, 0.1) is 0 Å². The molecule has 1 fully saturated rings. The van der Waals surface area contributed by atoms with Gasteiger partial charge in [0.15, 0.2) is 0 Å². The van der Waals surface area contributed by atoms with Crippen LogP contribution in [0.2, 0.25) is 0 Å². The van der Waals surface area contributed by atoms with Gasteiger partial charge in [-0.3, -0.25) is 9.59 Å². The van der Waals surface area contributed by atoms with Gasteiger partial charge in [0.25, 0.3) is 0 Å². The Hall–Kier alpha value is -2.57. The summed E-state index contributed by atoms with van der Waals surface area (Å²) in [7, 11) is 0. The monoisotopic (exact) mass is 515 g/mol. The molecule has 0 aromatic heterocycles. The molecular formula is C30H49N3O4. The predicted octanol–water partition coefficient (Wildman–Crippen LogP) is 5.97. The first-order valence-electron chi connectivity index (χ1n) is 13.9. The molecule has 0 spiro atoms. The number of nitrogens with zero attached hydrogens (tertiary/aromatic N) is 1. The van der Waals surface area contributed by atoms with Crippen molar-refractivity contribution in [3.8, 4) is 0 Å². The fraction of sp³-hybridized carbons (Fsp3) is 0.700. The second-order valence-electron chi connectivity index (χ2n) is 12.0. The molecule has 1 aromatic rings. The molecule has 3 unspecified atom stereocenters. The van der Waals surface area contributed by atoms with Crippen LogP contribution in [0.5, 0.6) is 0 Å². The zero-order chi connectivity index (χ0) is 27.9. The van der Waals surface area contributed by atoms with Crippen LogP contribution in [-0.2, 0) is 14.3 Å². The van der Waals surface area contributed by atoms with Gasteiger partial charge in [-0.25, -0.2) is 4.79 Å². The molecule has 3 atom stereocenters. The molecule has 1 saturated carbocycles. The van der Waals surface area contributed by atoms with E-state index in [9.17, 15) is 14.4 Å². The molecule has 1 aromatic carbocycles. The highest BCUT2D eigenvalue weighted by Gasteiger charge is 2.40. The largest absolute Gasteiger partial charge is 0.444 e. The Labute approximate surface area is 224 Å². The number of hydrogen-bond donors (Lipinski definition) is 2. The molecule has 0 saturated heterocycles. The third kappa shape index (κ3) is 8.75. The summed E-state index contributed by atoms with van der Waals surface area (Å²) in [6, 6.07) is 4.20. The summed E-state index contributed by atoms with van der Waals surface area (Å²) in [5.74, 6) is -0.595. The van der Waals surface area contributed by atoms with E-state index in [-0.39, 0.29) is 29.8 Å². The fourth-order valence-electron chi connectivity index (χ4n) is 5.03. The van der Waals surface area contributed by atoms with Crippen LogP contribution < -0.4 is 10.6 Å². The highest BCUT2D eigenvalue weighted by molar-refractivity contribution is 5.92. The third-order valence-electron chi connectivity index (χ3n) is 7.16. The molecule has 2 N–H and O–H groups in total. The number of rotatable bonds is 9. The molecule has 1 aliphatic rings. The Morgan fingerprint density at radius 1 is 1.05 bits per heavy atom. The van der Waals surface area contributed by atoms with E-state index < -0.39 is 23.8 Å². The van der Waals surface area contributed by atoms with Gasteiger partial charge in [-0.05, 0) is 78.4 Å². The van der Waals surface area contributed by atoms with Crippen LogP contribution in [0.4, 0.5) is 4.79 Å². The van der Waals surface area contributed by atoms with E-state index in [0.717, 1.165) is 42.4 Å². The van der Waals surface area contributed by atoms with Crippen molar-refractivity contribution in [1.82, 2.24) is 15.5 Å². The Bertz CT molecular complexity index is 931. The van der Waals surface area contributed by atoms with E-state index >= 15 is 0 Å². The number of amides is 3. The lowest BCUT2D eigenvalue weighted by Gasteiger charge is -2.39. The minimum atomic E-state index is -0.821. The van der Waals surface area contributed by atoms with Gasteiger partial charge in [-0.15, -0.1) is 0 Å². The van der Waals surface area contributed by atoms with E-state index in [1.54, 1.807) is 25.7 Å². The van der Waals surface area contributed by atoms with Gasteiger partial charge in [-0.2, -0.15) is 0 Å². The molecule has 0 heterocycles. The van der Waals surface area contributed by atoms with Crippen molar-refractivity contribution in [2.24, 2.45) is 5.92 Å². The van der Waals surface area contributed by atoms with E-state index in [1.165, 1.54) is 6.42 Å². The van der Waals surface area contributed by atoms with Crippen molar-refractivity contribution < 1.29 is 19.1 Å². The van der Waals surface area contributed by atoms with Gasteiger partial charge < -0.3 is 20.3 Å². The molecule has 3 amide bonds. The van der Waals surface area contributed by atoms with E-state index in [0.29, 0.717) is 6.42 Å². The summed E-state index contributed by atoms with van der Waals surface area (Å²) in [6.45, 7) is 17.1. The molecule has 0 aliphatic heterocycles. The molecule has 7 nitrogen and oxygen atoms in total. The Morgan fingerprint density at radius 3 is 2.19 bits per heavy atom. The normalized spacial score (nSPS) is 17.0. The first-order chi connectivity index (χ1) is 17.2. The van der Waals surface area contributed by atoms with Crippen molar-refractivity contribution in [2.75, 3.05) is 0 Å². The standard InChI is InChI=1S/C30H49N3O4/c1-10-21(5)25(32-29(36)37-30(7,8)9)28(35)33(19(2)3)26(24-17-16-20(4)18-22(24)6)27(34)31-23-14-12-11-13-15-23/h16-19,21,23,25-26H,10-15H2,1-9H3,(H,31,34)(H,32,36). The smallest absolute Gasteiger partial charge is 0.408 e. The highest BCUT2D eigenvalue weighted by Crippen LogP contribution is 2.30. The lowest BCUT2D eigenvalue weighted by molar-refractivity contribution is -0.146. The Kier molecular flexibility index (Phi) is 11.0. The van der Waals surface area contributed by atoms with E-state index in [1.807, 2.05) is 59.7 Å². The van der Waals surface area contributed by atoms with Crippen LogP contribution in [0.15, 0.2) is 18.2 Å².